The molecule has 2 unspecified atom stereocenters. The molecule has 26 heavy (non-hydrogen) atoms. The van der Waals surface area contributed by atoms with Gasteiger partial charge >= 0.3 is 0 Å². The molecule has 2 aliphatic rings. The van der Waals surface area contributed by atoms with Crippen molar-refractivity contribution < 1.29 is 13.2 Å². The van der Waals surface area contributed by atoms with Crippen LogP contribution in [0.4, 0.5) is 0 Å². The molecule has 1 amide bonds. The van der Waals surface area contributed by atoms with Gasteiger partial charge in [-0.1, -0.05) is 0 Å². The molecule has 2 saturated heterocycles. The number of aryl methyl sites for hydroxylation is 1. The molecule has 0 radical (unpaired) electrons. The molecular weight excluding hydrogens is 354 g/mol. The maximum atomic E-state index is 13.1. The first-order valence-corrected chi connectivity index (χ1v) is 10.8. The molecule has 140 valence electrons. The van der Waals surface area contributed by atoms with E-state index in [1.54, 1.807) is 21.8 Å². The normalized spacial score (nSPS) is 25.5. The molecule has 0 spiro atoms. The molecule has 2 fully saturated rings. The van der Waals surface area contributed by atoms with Crippen LogP contribution in [0.15, 0.2) is 24.8 Å². The summed E-state index contributed by atoms with van der Waals surface area (Å²) in [7, 11) is -1.11. The number of hydrogen-bond donors (Lipinski definition) is 0. The summed E-state index contributed by atoms with van der Waals surface area (Å²) in [5.41, 5.74) is 1.57. The van der Waals surface area contributed by atoms with Gasteiger partial charge in [-0.2, -0.15) is 10.2 Å². The Bertz CT molecular complexity index is 916. The lowest BCUT2D eigenvalue weighted by molar-refractivity contribution is 0.0611. The minimum atomic E-state index is -2.98. The average molecular weight is 377 g/mol. The van der Waals surface area contributed by atoms with E-state index in [1.165, 1.54) is 0 Å². The van der Waals surface area contributed by atoms with E-state index in [0.29, 0.717) is 18.5 Å². The van der Waals surface area contributed by atoms with E-state index >= 15 is 0 Å². The quantitative estimate of drug-likeness (QED) is 0.805. The smallest absolute Gasteiger partial charge is 0.257 e. The lowest BCUT2D eigenvalue weighted by Gasteiger charge is -2.35. The molecule has 2 aliphatic heterocycles. The summed E-state index contributed by atoms with van der Waals surface area (Å²) in [6.07, 6.45) is 10.6. The van der Waals surface area contributed by atoms with Crippen LogP contribution in [0, 0.1) is 0 Å². The van der Waals surface area contributed by atoms with Gasteiger partial charge in [0.15, 0.2) is 9.84 Å². The highest BCUT2D eigenvalue weighted by atomic mass is 32.2. The molecule has 8 nitrogen and oxygen atoms in total. The van der Waals surface area contributed by atoms with Gasteiger partial charge in [-0.3, -0.25) is 14.2 Å². The van der Waals surface area contributed by atoms with E-state index in [4.69, 9.17) is 0 Å². The lowest BCUT2D eigenvalue weighted by Crippen LogP contribution is -2.38. The molecule has 2 aromatic rings. The van der Waals surface area contributed by atoms with Crippen molar-refractivity contribution >= 4 is 15.7 Å². The summed E-state index contributed by atoms with van der Waals surface area (Å²) in [6.45, 7) is 0.710. The van der Waals surface area contributed by atoms with Gasteiger partial charge < -0.3 is 4.90 Å². The van der Waals surface area contributed by atoms with Gasteiger partial charge in [0.2, 0.25) is 0 Å². The van der Waals surface area contributed by atoms with Crippen molar-refractivity contribution in [3.05, 3.63) is 35.9 Å². The second kappa shape index (κ2) is 6.53. The van der Waals surface area contributed by atoms with E-state index in [2.05, 4.69) is 10.2 Å². The molecule has 9 heteroatoms. The number of hydrogen-bond acceptors (Lipinski definition) is 5. The first-order valence-electron chi connectivity index (χ1n) is 8.97. The minimum absolute atomic E-state index is 0.0279. The Morgan fingerprint density at radius 1 is 1.15 bits per heavy atom. The number of aromatic nitrogens is 4. The topological polar surface area (TPSA) is 90.1 Å². The summed E-state index contributed by atoms with van der Waals surface area (Å²) in [5.74, 6) is 0.242. The van der Waals surface area contributed by atoms with Crippen molar-refractivity contribution in [1.29, 1.82) is 0 Å². The van der Waals surface area contributed by atoms with Crippen LogP contribution < -0.4 is 0 Å². The van der Waals surface area contributed by atoms with E-state index < -0.39 is 9.84 Å². The number of likely N-dealkylation sites (tertiary alicyclic amines) is 1. The molecule has 0 aliphatic carbocycles. The van der Waals surface area contributed by atoms with Gasteiger partial charge in [0, 0.05) is 31.5 Å². The molecule has 0 aromatic carbocycles. The average Bonchev–Trinajstić information content (AvgIpc) is 3.34. The first kappa shape index (κ1) is 17.3. The highest BCUT2D eigenvalue weighted by Crippen LogP contribution is 2.32. The lowest BCUT2D eigenvalue weighted by atomic mass is 9.97. The molecule has 0 saturated carbocycles. The van der Waals surface area contributed by atoms with Crippen molar-refractivity contribution in [2.24, 2.45) is 7.05 Å². The molecule has 0 N–H and O–H groups in total. The van der Waals surface area contributed by atoms with E-state index in [-0.39, 0.29) is 29.5 Å². The summed E-state index contributed by atoms with van der Waals surface area (Å²) < 4.78 is 26.8. The summed E-state index contributed by atoms with van der Waals surface area (Å²) in [5, 5.41) is 8.50. The highest BCUT2D eigenvalue weighted by molar-refractivity contribution is 7.91. The minimum Gasteiger partial charge on any atom is -0.331 e. The summed E-state index contributed by atoms with van der Waals surface area (Å²) in [6, 6.07) is -0.141. The zero-order valence-electron chi connectivity index (χ0n) is 14.8. The van der Waals surface area contributed by atoms with Crippen molar-refractivity contribution in [2.45, 2.75) is 37.8 Å². The van der Waals surface area contributed by atoms with Crippen molar-refractivity contribution in [3.8, 4) is 0 Å². The van der Waals surface area contributed by atoms with Crippen molar-refractivity contribution in [2.75, 3.05) is 18.1 Å². The van der Waals surface area contributed by atoms with Gasteiger partial charge in [0.1, 0.15) is 0 Å². The van der Waals surface area contributed by atoms with Crippen LogP contribution in [0.5, 0.6) is 0 Å². The fraction of sp³-hybridized carbons (Fsp3) is 0.588. The van der Waals surface area contributed by atoms with E-state index in [9.17, 15) is 13.2 Å². The number of piperidine rings is 1. The molecule has 0 bridgehead atoms. The van der Waals surface area contributed by atoms with E-state index in [0.717, 1.165) is 24.8 Å². The maximum Gasteiger partial charge on any atom is 0.257 e. The zero-order valence-corrected chi connectivity index (χ0v) is 15.6. The Kier molecular flexibility index (Phi) is 4.34. The maximum absolute atomic E-state index is 13.1. The Labute approximate surface area is 152 Å². The predicted octanol–water partition coefficient (Wildman–Crippen LogP) is 1.34. The molecule has 2 aromatic heterocycles. The number of carbonyl (C=O) groups excluding carboxylic acids is 1. The van der Waals surface area contributed by atoms with Crippen LogP contribution in [0.1, 0.15) is 53.7 Å². The van der Waals surface area contributed by atoms with Gasteiger partial charge in [-0.25, -0.2) is 8.42 Å². The molecular formula is C17H23N5O3S. The zero-order chi connectivity index (χ0) is 18.3. The number of amides is 1. The van der Waals surface area contributed by atoms with Crippen LogP contribution in [0.3, 0.4) is 0 Å². The largest absolute Gasteiger partial charge is 0.331 e. The fourth-order valence-electron chi connectivity index (χ4n) is 3.93. The van der Waals surface area contributed by atoms with Gasteiger partial charge in [-0.05, 0) is 25.7 Å². The number of carbonyl (C=O) groups is 1. The summed E-state index contributed by atoms with van der Waals surface area (Å²) in [4.78, 5) is 15.0. The third-order valence-electron chi connectivity index (χ3n) is 5.30. The van der Waals surface area contributed by atoms with E-state index in [1.807, 2.05) is 24.3 Å². The number of nitrogens with zero attached hydrogens (tertiary/aromatic N) is 5. The standard InChI is InChI=1S/C17H23N5O3S/c1-20-10-13(8-18-20)16-4-2-3-6-21(16)17(23)14-9-19-22(11-14)15-5-7-26(24,25)12-15/h8-11,15-16H,2-7,12H2,1H3. The molecule has 2 atom stereocenters. The Hall–Kier alpha value is -2.16. The van der Waals surface area contributed by atoms with Gasteiger partial charge in [-0.15, -0.1) is 0 Å². The Balaban J connectivity index is 1.54. The van der Waals surface area contributed by atoms with Gasteiger partial charge in [0.05, 0.1) is 41.5 Å². The van der Waals surface area contributed by atoms with Crippen LogP contribution in [0.25, 0.3) is 0 Å². The number of sulfone groups is 1. The molecule has 4 heterocycles. The second-order valence-corrected chi connectivity index (χ2v) is 9.45. The van der Waals surface area contributed by atoms with Crippen LogP contribution in [0.2, 0.25) is 0 Å². The summed E-state index contributed by atoms with van der Waals surface area (Å²) >= 11 is 0. The Morgan fingerprint density at radius 2 is 2.00 bits per heavy atom. The van der Waals surface area contributed by atoms with Crippen molar-refractivity contribution in [3.63, 3.8) is 0 Å². The van der Waals surface area contributed by atoms with Crippen LogP contribution in [-0.4, -0.2) is 56.8 Å². The first-order chi connectivity index (χ1) is 12.4. The Morgan fingerprint density at radius 3 is 2.69 bits per heavy atom. The SMILES string of the molecule is Cn1cc(C2CCCCN2C(=O)c2cnn(C3CCS(=O)(=O)C3)c2)cn1. The fourth-order valence-corrected chi connectivity index (χ4v) is 5.63. The van der Waals surface area contributed by atoms with Crippen LogP contribution >= 0.6 is 0 Å². The third kappa shape index (κ3) is 3.27. The second-order valence-electron chi connectivity index (χ2n) is 7.22. The highest BCUT2D eigenvalue weighted by Gasteiger charge is 2.32. The van der Waals surface area contributed by atoms with Crippen LogP contribution in [-0.2, 0) is 16.9 Å². The van der Waals surface area contributed by atoms with Gasteiger partial charge in [0.25, 0.3) is 5.91 Å². The number of rotatable bonds is 3. The molecule has 4 rings (SSSR count). The van der Waals surface area contributed by atoms with Crippen molar-refractivity contribution in [1.82, 2.24) is 24.5 Å². The predicted molar refractivity (Wildman–Crippen MR) is 95.4 cm³/mol. The monoisotopic (exact) mass is 377 g/mol. The third-order valence-corrected chi connectivity index (χ3v) is 7.05.